The Morgan fingerprint density at radius 1 is 1.12 bits per heavy atom. The van der Waals surface area contributed by atoms with Crippen LogP contribution >= 0.6 is 35.3 Å². The summed E-state index contributed by atoms with van der Waals surface area (Å²) in [7, 11) is 0. The van der Waals surface area contributed by atoms with Gasteiger partial charge in [-0.05, 0) is 61.1 Å². The molecule has 2 aromatic heterocycles. The van der Waals surface area contributed by atoms with Crippen molar-refractivity contribution in [2.75, 3.05) is 6.61 Å². The third-order valence-corrected chi connectivity index (χ3v) is 6.67. The third kappa shape index (κ3) is 5.57. The van der Waals surface area contributed by atoms with Crippen molar-refractivity contribution in [1.82, 2.24) is 14.5 Å². The molecule has 0 unspecified atom stereocenters. The molecule has 0 spiro atoms. The number of alkyl halides is 3. The van der Waals surface area contributed by atoms with Crippen LogP contribution in [0.2, 0.25) is 0 Å². The number of thiazole rings is 1. The lowest BCUT2D eigenvalue weighted by Gasteiger charge is -2.09. The number of nitrogens with zero attached hydrogens (tertiary/aromatic N) is 2. The van der Waals surface area contributed by atoms with Crippen molar-refractivity contribution < 1.29 is 22.6 Å². The zero-order valence-electron chi connectivity index (χ0n) is 17.0. The molecule has 0 saturated heterocycles. The molecule has 2 aromatic carbocycles. The monoisotopic (exact) mass is 511 g/mol. The topological polar surface area (TPSA) is 69.1 Å². The number of hydrogen-bond donors (Lipinski definition) is 1. The lowest BCUT2D eigenvalue weighted by Crippen LogP contribution is -2.17. The van der Waals surface area contributed by atoms with Crippen LogP contribution in [-0.4, -0.2) is 27.5 Å². The van der Waals surface area contributed by atoms with Crippen LogP contribution in [0.5, 0.6) is 11.5 Å². The molecule has 0 aliphatic rings. The van der Waals surface area contributed by atoms with Gasteiger partial charge in [0, 0.05) is 11.4 Å². The zero-order valence-corrected chi connectivity index (χ0v) is 19.5. The Kier molecular flexibility index (Phi) is 6.77. The van der Waals surface area contributed by atoms with E-state index < -0.39 is 6.36 Å². The van der Waals surface area contributed by atoms with Gasteiger partial charge in [-0.15, -0.1) is 13.2 Å². The summed E-state index contributed by atoms with van der Waals surface area (Å²) < 4.78 is 48.9. The first-order chi connectivity index (χ1) is 15.7. The molecule has 6 nitrogen and oxygen atoms in total. The summed E-state index contributed by atoms with van der Waals surface area (Å²) in [4.78, 5) is 19.9. The molecule has 4 rings (SSSR count). The molecule has 0 saturated carbocycles. The second kappa shape index (κ2) is 9.57. The van der Waals surface area contributed by atoms with Gasteiger partial charge in [0.05, 0.1) is 6.61 Å². The number of aromatic amines is 1. The molecule has 172 valence electrons. The van der Waals surface area contributed by atoms with Crippen molar-refractivity contribution in [3.63, 3.8) is 0 Å². The third-order valence-electron chi connectivity index (χ3n) is 4.36. The summed E-state index contributed by atoms with van der Waals surface area (Å²) >= 11 is 7.89. The average Bonchev–Trinajstić information content (AvgIpc) is 3.09. The van der Waals surface area contributed by atoms with Crippen molar-refractivity contribution in [3.8, 4) is 17.2 Å². The minimum absolute atomic E-state index is 0.295. The van der Waals surface area contributed by atoms with Crippen molar-refractivity contribution >= 4 is 45.7 Å². The van der Waals surface area contributed by atoms with Gasteiger partial charge in [0.1, 0.15) is 16.2 Å². The Balaban J connectivity index is 1.59. The second-order valence-electron chi connectivity index (χ2n) is 6.63. The summed E-state index contributed by atoms with van der Waals surface area (Å²) in [5.41, 5.74) is 1.63. The largest absolute Gasteiger partial charge is 0.573 e. The molecule has 0 atom stereocenters. The highest BCUT2D eigenvalue weighted by molar-refractivity contribution is 7.98. The predicted octanol–water partition coefficient (Wildman–Crippen LogP) is 6.09. The Hall–Kier alpha value is -2.83. The normalized spacial score (nSPS) is 11.6. The Labute approximate surface area is 199 Å². The van der Waals surface area contributed by atoms with Gasteiger partial charge in [0.15, 0.2) is 14.8 Å². The number of aromatic nitrogens is 3. The van der Waals surface area contributed by atoms with E-state index in [1.54, 1.807) is 4.57 Å². The van der Waals surface area contributed by atoms with Crippen molar-refractivity contribution in [2.24, 2.45) is 0 Å². The van der Waals surface area contributed by atoms with E-state index in [0.29, 0.717) is 31.8 Å². The maximum atomic E-state index is 12.6. The Bertz CT molecular complexity index is 1380. The lowest BCUT2D eigenvalue weighted by atomic mass is 10.2. The fraction of sp³-hybridized carbons (Fsp3) is 0.190. The van der Waals surface area contributed by atoms with Crippen molar-refractivity contribution in [3.05, 3.63) is 68.4 Å². The Morgan fingerprint density at radius 3 is 2.42 bits per heavy atom. The van der Waals surface area contributed by atoms with Crippen molar-refractivity contribution in [2.45, 2.75) is 24.2 Å². The number of thioether (sulfide) groups is 1. The number of nitrogens with one attached hydrogen (secondary N) is 1. The fourth-order valence-corrected chi connectivity index (χ4v) is 5.07. The molecule has 4 aromatic rings. The van der Waals surface area contributed by atoms with E-state index in [4.69, 9.17) is 17.0 Å². The molecule has 0 radical (unpaired) electrons. The van der Waals surface area contributed by atoms with E-state index in [2.05, 4.69) is 14.7 Å². The van der Waals surface area contributed by atoms with E-state index in [-0.39, 0.29) is 11.3 Å². The van der Waals surface area contributed by atoms with Crippen LogP contribution < -0.4 is 15.0 Å². The molecule has 33 heavy (non-hydrogen) atoms. The number of rotatable bonds is 7. The van der Waals surface area contributed by atoms with Gasteiger partial charge >= 0.3 is 6.36 Å². The van der Waals surface area contributed by atoms with Crippen LogP contribution in [0, 0.1) is 3.95 Å². The van der Waals surface area contributed by atoms with Crippen LogP contribution in [-0.2, 0) is 5.75 Å². The van der Waals surface area contributed by atoms with E-state index in [0.717, 1.165) is 17.0 Å². The van der Waals surface area contributed by atoms with Gasteiger partial charge in [-0.25, -0.2) is 4.98 Å². The minimum atomic E-state index is -4.74. The zero-order chi connectivity index (χ0) is 23.6. The highest BCUT2D eigenvalue weighted by Crippen LogP contribution is 2.28. The van der Waals surface area contributed by atoms with Crippen LogP contribution in [0.1, 0.15) is 12.5 Å². The molecule has 0 aliphatic carbocycles. The van der Waals surface area contributed by atoms with Gasteiger partial charge in [0.25, 0.3) is 5.56 Å². The van der Waals surface area contributed by atoms with Crippen LogP contribution in [0.4, 0.5) is 13.2 Å². The molecule has 0 bridgehead atoms. The fourth-order valence-electron chi connectivity index (χ4n) is 2.99. The smallest absolute Gasteiger partial charge is 0.494 e. The number of H-pyrrole nitrogens is 1. The van der Waals surface area contributed by atoms with Gasteiger partial charge < -0.3 is 14.5 Å². The SMILES string of the molecule is CCOc1ccc(-n2c(=S)sc3c(=O)[nH]c(SCc4ccc(OC(F)(F)F)cc4)nc32)cc1. The number of benzene rings is 2. The first-order valence-electron chi connectivity index (χ1n) is 9.60. The number of fused-ring (bicyclic) bond motifs is 1. The van der Waals surface area contributed by atoms with E-state index in [9.17, 15) is 18.0 Å². The highest BCUT2D eigenvalue weighted by Gasteiger charge is 2.30. The van der Waals surface area contributed by atoms with Gasteiger partial charge in [0.2, 0.25) is 0 Å². The quantitative estimate of drug-likeness (QED) is 0.184. The van der Waals surface area contributed by atoms with Crippen LogP contribution in [0.3, 0.4) is 0 Å². The van der Waals surface area contributed by atoms with Crippen LogP contribution in [0.25, 0.3) is 16.0 Å². The minimum Gasteiger partial charge on any atom is -0.494 e. The summed E-state index contributed by atoms with van der Waals surface area (Å²) in [5.74, 6) is 0.812. The lowest BCUT2D eigenvalue weighted by molar-refractivity contribution is -0.274. The van der Waals surface area contributed by atoms with Crippen molar-refractivity contribution in [1.29, 1.82) is 0 Å². The Morgan fingerprint density at radius 2 is 1.79 bits per heavy atom. The predicted molar refractivity (Wildman–Crippen MR) is 124 cm³/mol. The van der Waals surface area contributed by atoms with E-state index in [1.807, 2.05) is 31.2 Å². The van der Waals surface area contributed by atoms with Gasteiger partial charge in [-0.3, -0.25) is 9.36 Å². The maximum absolute atomic E-state index is 12.6. The molecule has 1 N–H and O–H groups in total. The van der Waals surface area contributed by atoms with Gasteiger partial charge in [-0.1, -0.05) is 35.2 Å². The number of hydrogen-bond acceptors (Lipinski definition) is 7. The van der Waals surface area contributed by atoms with E-state index >= 15 is 0 Å². The first-order valence-corrected chi connectivity index (χ1v) is 11.8. The molecule has 12 heteroatoms. The molecule has 0 fully saturated rings. The summed E-state index contributed by atoms with van der Waals surface area (Å²) in [5, 5.41) is 0.371. The maximum Gasteiger partial charge on any atom is 0.573 e. The molecular weight excluding hydrogens is 495 g/mol. The standard InChI is InChI=1S/C21H16F3N3O3S3/c1-2-29-14-9-5-13(6-10-14)27-17-16(33-20(27)31)18(28)26-19(25-17)32-11-12-3-7-15(8-4-12)30-21(22,23)24/h3-10H,2,11H2,1H3,(H,25,26,28). The molecule has 0 aliphatic heterocycles. The first kappa shape index (κ1) is 23.3. The number of halogens is 3. The van der Waals surface area contributed by atoms with Crippen LogP contribution in [0.15, 0.2) is 58.5 Å². The summed E-state index contributed by atoms with van der Waals surface area (Å²) in [6.07, 6.45) is -4.74. The molecule has 0 amide bonds. The average molecular weight is 512 g/mol. The number of ether oxygens (including phenoxy) is 2. The molecule has 2 heterocycles. The summed E-state index contributed by atoms with van der Waals surface area (Å²) in [6, 6.07) is 12.8. The summed E-state index contributed by atoms with van der Waals surface area (Å²) in [6.45, 7) is 2.45. The van der Waals surface area contributed by atoms with Gasteiger partial charge in [-0.2, -0.15) is 0 Å². The second-order valence-corrected chi connectivity index (χ2v) is 9.24. The van der Waals surface area contributed by atoms with E-state index in [1.165, 1.54) is 47.4 Å². The highest BCUT2D eigenvalue weighted by atomic mass is 32.2. The molecular formula is C21H16F3N3O3S3.